The second kappa shape index (κ2) is 11.7. The van der Waals surface area contributed by atoms with E-state index in [1.807, 2.05) is 24.3 Å². The summed E-state index contributed by atoms with van der Waals surface area (Å²) in [5.41, 5.74) is 4.66. The molecule has 1 aliphatic carbocycles. The van der Waals surface area contributed by atoms with Crippen molar-refractivity contribution in [2.45, 2.75) is 31.3 Å². The zero-order valence-corrected chi connectivity index (χ0v) is 19.5. The van der Waals surface area contributed by atoms with E-state index in [9.17, 15) is 14.4 Å². The fourth-order valence-electron chi connectivity index (χ4n) is 4.61. The van der Waals surface area contributed by atoms with Crippen molar-refractivity contribution >= 4 is 18.0 Å². The van der Waals surface area contributed by atoms with Gasteiger partial charge in [-0.25, -0.2) is 4.79 Å². The van der Waals surface area contributed by atoms with Gasteiger partial charge in [0.1, 0.15) is 6.61 Å². The molecule has 1 aliphatic heterocycles. The third kappa shape index (κ3) is 6.27. The Hall–Kier alpha value is -3.65. The van der Waals surface area contributed by atoms with Crippen LogP contribution in [0.3, 0.4) is 0 Å². The molecule has 0 bridgehead atoms. The van der Waals surface area contributed by atoms with Crippen molar-refractivity contribution in [2.24, 2.45) is 0 Å². The molecule has 1 fully saturated rings. The van der Waals surface area contributed by atoms with Gasteiger partial charge in [-0.3, -0.25) is 9.59 Å². The fourth-order valence-corrected chi connectivity index (χ4v) is 4.61. The predicted octanol–water partition coefficient (Wildman–Crippen LogP) is 3.56. The lowest BCUT2D eigenvalue weighted by Gasteiger charge is -2.31. The van der Waals surface area contributed by atoms with Crippen molar-refractivity contribution in [3.63, 3.8) is 0 Å². The summed E-state index contributed by atoms with van der Waals surface area (Å²) in [4.78, 5) is 36.9. The van der Waals surface area contributed by atoms with Gasteiger partial charge < -0.3 is 24.8 Å². The zero-order valence-electron chi connectivity index (χ0n) is 19.5. The number of alkyl carbamates (subject to hydrolysis) is 1. The molecule has 1 saturated heterocycles. The Bertz CT molecular complexity index is 1050. The maximum atomic E-state index is 12.4. The highest BCUT2D eigenvalue weighted by Gasteiger charge is 2.29. The summed E-state index contributed by atoms with van der Waals surface area (Å²) in [5, 5.41) is 11.3. The highest BCUT2D eigenvalue weighted by Crippen LogP contribution is 2.44. The smallest absolute Gasteiger partial charge is 0.407 e. The average molecular weight is 479 g/mol. The molecule has 184 valence electrons. The van der Waals surface area contributed by atoms with Crippen LogP contribution in [0, 0.1) is 0 Å². The molecule has 0 unspecified atom stereocenters. The number of amides is 2. The Morgan fingerprint density at radius 3 is 2.26 bits per heavy atom. The standard InChI is InChI=1S/C27H30N2O6/c30-25(29-15-11-19(12-16-29)34-17-13-26(31)32)10-5-14-28-27(33)35-18-24-22-8-3-1-6-20(22)21-7-2-4-9-23(21)24/h1-10,19,24H,11-18H2,(H,28,33)(H,31,32)/b10-5+. The molecule has 2 aromatic carbocycles. The number of benzene rings is 2. The number of aliphatic carboxylic acids is 1. The van der Waals surface area contributed by atoms with Crippen LogP contribution in [0.15, 0.2) is 60.7 Å². The Kier molecular flexibility index (Phi) is 8.15. The molecular formula is C27H30N2O6. The molecule has 0 saturated carbocycles. The Balaban J connectivity index is 1.17. The van der Waals surface area contributed by atoms with E-state index in [0.717, 1.165) is 11.1 Å². The third-order valence-electron chi connectivity index (χ3n) is 6.39. The van der Waals surface area contributed by atoms with Crippen LogP contribution in [-0.4, -0.2) is 66.9 Å². The van der Waals surface area contributed by atoms with E-state index < -0.39 is 12.1 Å². The third-order valence-corrected chi connectivity index (χ3v) is 6.39. The van der Waals surface area contributed by atoms with E-state index in [1.165, 1.54) is 17.2 Å². The SMILES string of the molecule is O=C(O)CCOC1CCN(C(=O)/C=C/CNC(=O)OCC2c3ccccc3-c3ccccc32)CC1. The van der Waals surface area contributed by atoms with Gasteiger partial charge >= 0.3 is 12.1 Å². The number of hydrogen-bond acceptors (Lipinski definition) is 5. The summed E-state index contributed by atoms with van der Waals surface area (Å²) in [5.74, 6) is -1.00. The van der Waals surface area contributed by atoms with Crippen LogP contribution in [0.5, 0.6) is 0 Å². The highest BCUT2D eigenvalue weighted by atomic mass is 16.5. The van der Waals surface area contributed by atoms with Crippen molar-refractivity contribution < 1.29 is 29.0 Å². The molecule has 8 heteroatoms. The van der Waals surface area contributed by atoms with Gasteiger partial charge in [0, 0.05) is 31.6 Å². The van der Waals surface area contributed by atoms with E-state index in [1.54, 1.807) is 11.0 Å². The first-order chi connectivity index (χ1) is 17.0. The highest BCUT2D eigenvalue weighted by molar-refractivity contribution is 5.87. The topological polar surface area (TPSA) is 105 Å². The number of hydrogen-bond donors (Lipinski definition) is 2. The summed E-state index contributed by atoms with van der Waals surface area (Å²) in [6.07, 6.45) is 3.86. The van der Waals surface area contributed by atoms with E-state index in [-0.39, 0.29) is 44.1 Å². The van der Waals surface area contributed by atoms with E-state index in [2.05, 4.69) is 29.6 Å². The fraction of sp³-hybridized carbons (Fsp3) is 0.370. The minimum absolute atomic E-state index is 0.00121. The van der Waals surface area contributed by atoms with E-state index >= 15 is 0 Å². The van der Waals surface area contributed by atoms with E-state index in [4.69, 9.17) is 14.6 Å². The van der Waals surface area contributed by atoms with Gasteiger partial charge in [-0.05, 0) is 35.1 Å². The van der Waals surface area contributed by atoms with Crippen LogP contribution >= 0.6 is 0 Å². The van der Waals surface area contributed by atoms with Crippen molar-refractivity contribution in [3.05, 3.63) is 71.8 Å². The maximum absolute atomic E-state index is 12.4. The molecule has 35 heavy (non-hydrogen) atoms. The first kappa shape index (κ1) is 24.5. The Morgan fingerprint density at radius 2 is 1.63 bits per heavy atom. The van der Waals surface area contributed by atoms with Crippen molar-refractivity contribution in [1.29, 1.82) is 0 Å². The summed E-state index contributed by atoms with van der Waals surface area (Å²) in [6, 6.07) is 16.3. The number of rotatable bonds is 9. The Morgan fingerprint density at radius 1 is 1.00 bits per heavy atom. The normalized spacial score (nSPS) is 15.6. The molecule has 2 N–H and O–H groups in total. The molecule has 2 amide bonds. The van der Waals surface area contributed by atoms with Gasteiger partial charge in [-0.15, -0.1) is 0 Å². The van der Waals surface area contributed by atoms with Crippen molar-refractivity contribution in [1.82, 2.24) is 10.2 Å². The van der Waals surface area contributed by atoms with Crippen LogP contribution in [0.2, 0.25) is 0 Å². The van der Waals surface area contributed by atoms with Gasteiger partial charge in [-0.1, -0.05) is 54.6 Å². The van der Waals surface area contributed by atoms with Crippen LogP contribution in [0.25, 0.3) is 11.1 Å². The van der Waals surface area contributed by atoms with Crippen LogP contribution in [0.4, 0.5) is 4.79 Å². The number of likely N-dealkylation sites (tertiary alicyclic amines) is 1. The number of nitrogens with one attached hydrogen (secondary N) is 1. The number of piperidine rings is 1. The van der Waals surface area contributed by atoms with Gasteiger partial charge in [-0.2, -0.15) is 0 Å². The predicted molar refractivity (Wildman–Crippen MR) is 130 cm³/mol. The molecule has 0 spiro atoms. The number of carbonyl (C=O) groups excluding carboxylic acids is 2. The lowest BCUT2D eigenvalue weighted by atomic mass is 9.98. The quantitative estimate of drug-likeness (QED) is 0.534. The number of ether oxygens (including phenoxy) is 2. The molecule has 2 aromatic rings. The maximum Gasteiger partial charge on any atom is 0.407 e. The zero-order chi connectivity index (χ0) is 24.6. The lowest BCUT2D eigenvalue weighted by molar-refractivity contribution is -0.139. The molecule has 0 aromatic heterocycles. The summed E-state index contributed by atoms with van der Waals surface area (Å²) in [6.45, 7) is 1.74. The largest absolute Gasteiger partial charge is 0.481 e. The summed E-state index contributed by atoms with van der Waals surface area (Å²) in [7, 11) is 0. The molecule has 8 nitrogen and oxygen atoms in total. The van der Waals surface area contributed by atoms with Gasteiger partial charge in [0.05, 0.1) is 19.1 Å². The molecule has 1 heterocycles. The van der Waals surface area contributed by atoms with E-state index in [0.29, 0.717) is 25.9 Å². The number of fused-ring (bicyclic) bond motifs is 3. The molecular weight excluding hydrogens is 448 g/mol. The second-order valence-corrected chi connectivity index (χ2v) is 8.65. The number of carboxylic acids is 1. The molecule has 4 rings (SSSR count). The van der Waals surface area contributed by atoms with Gasteiger partial charge in [0.2, 0.25) is 5.91 Å². The minimum Gasteiger partial charge on any atom is -0.481 e. The lowest BCUT2D eigenvalue weighted by Crippen LogP contribution is -2.40. The first-order valence-electron chi connectivity index (χ1n) is 11.9. The average Bonchev–Trinajstić information content (AvgIpc) is 3.19. The number of nitrogens with zero attached hydrogens (tertiary/aromatic N) is 1. The monoisotopic (exact) mass is 478 g/mol. The minimum atomic E-state index is -0.880. The van der Waals surface area contributed by atoms with Crippen molar-refractivity contribution in [3.8, 4) is 11.1 Å². The van der Waals surface area contributed by atoms with Crippen LogP contribution in [-0.2, 0) is 19.1 Å². The summed E-state index contributed by atoms with van der Waals surface area (Å²) < 4.78 is 11.0. The molecule has 2 aliphatic rings. The van der Waals surface area contributed by atoms with Crippen LogP contribution in [0.1, 0.15) is 36.3 Å². The van der Waals surface area contributed by atoms with Gasteiger partial charge in [0.15, 0.2) is 0 Å². The summed E-state index contributed by atoms with van der Waals surface area (Å²) >= 11 is 0. The number of carboxylic acid groups (broad SMARTS) is 1. The van der Waals surface area contributed by atoms with Gasteiger partial charge in [0.25, 0.3) is 0 Å². The second-order valence-electron chi connectivity index (χ2n) is 8.65. The van der Waals surface area contributed by atoms with Crippen LogP contribution < -0.4 is 5.32 Å². The first-order valence-corrected chi connectivity index (χ1v) is 11.9. The molecule has 0 radical (unpaired) electrons. The number of carbonyl (C=O) groups is 3. The Labute approximate surface area is 204 Å². The molecule has 0 atom stereocenters. The van der Waals surface area contributed by atoms with Crippen molar-refractivity contribution in [2.75, 3.05) is 32.8 Å².